The molecular formula is C17H30. The minimum atomic E-state index is 0.294. The van der Waals surface area contributed by atoms with Crippen LogP contribution in [0.5, 0.6) is 0 Å². The number of hydrogen-bond acceptors (Lipinski definition) is 0. The van der Waals surface area contributed by atoms with E-state index in [9.17, 15) is 0 Å². The minimum absolute atomic E-state index is 0.294. The molecule has 0 amide bonds. The first-order valence-corrected chi connectivity index (χ1v) is 7.18. The summed E-state index contributed by atoms with van der Waals surface area (Å²) in [5.41, 5.74) is 3.58. The summed E-state index contributed by atoms with van der Waals surface area (Å²) in [6, 6.07) is 0. The zero-order valence-corrected chi connectivity index (χ0v) is 13.0. The van der Waals surface area contributed by atoms with Gasteiger partial charge in [0.25, 0.3) is 0 Å². The van der Waals surface area contributed by atoms with E-state index in [0.29, 0.717) is 29.1 Å². The summed E-state index contributed by atoms with van der Waals surface area (Å²) in [6.07, 6.45) is 4.81. The standard InChI is InChI=1S/C17H30/c1-11(2)15-9-10-16(12(3)4)17(15,13(5)6)14(7)8/h9-14H,1-8H3. The van der Waals surface area contributed by atoms with Gasteiger partial charge in [0.15, 0.2) is 0 Å². The van der Waals surface area contributed by atoms with Gasteiger partial charge in [0.1, 0.15) is 0 Å². The Labute approximate surface area is 108 Å². The van der Waals surface area contributed by atoms with Crippen molar-refractivity contribution in [1.29, 1.82) is 0 Å². The molecule has 0 aromatic rings. The second-order valence-electron chi connectivity index (χ2n) is 6.73. The Balaban J connectivity index is 3.35. The molecule has 0 nitrogen and oxygen atoms in total. The van der Waals surface area contributed by atoms with Crippen LogP contribution in [0.15, 0.2) is 23.3 Å². The molecule has 0 atom stereocenters. The predicted molar refractivity (Wildman–Crippen MR) is 78.0 cm³/mol. The molecule has 0 spiro atoms. The van der Waals surface area contributed by atoms with Crippen LogP contribution in [-0.2, 0) is 0 Å². The first-order valence-electron chi connectivity index (χ1n) is 7.18. The molecule has 0 saturated heterocycles. The molecule has 98 valence electrons. The Morgan fingerprint density at radius 1 is 0.647 bits per heavy atom. The summed E-state index contributed by atoms with van der Waals surface area (Å²) in [7, 11) is 0. The van der Waals surface area contributed by atoms with Crippen LogP contribution in [0.3, 0.4) is 0 Å². The third-order valence-corrected chi connectivity index (χ3v) is 4.46. The summed E-state index contributed by atoms with van der Waals surface area (Å²) < 4.78 is 0. The van der Waals surface area contributed by atoms with Crippen molar-refractivity contribution >= 4 is 0 Å². The number of allylic oxidation sites excluding steroid dienone is 4. The monoisotopic (exact) mass is 234 g/mol. The lowest BCUT2D eigenvalue weighted by molar-refractivity contribution is 0.187. The largest absolute Gasteiger partial charge is 0.0619 e. The van der Waals surface area contributed by atoms with Crippen molar-refractivity contribution in [2.24, 2.45) is 29.1 Å². The quantitative estimate of drug-likeness (QED) is 0.605. The highest BCUT2D eigenvalue weighted by molar-refractivity contribution is 5.44. The van der Waals surface area contributed by atoms with Crippen molar-refractivity contribution in [3.63, 3.8) is 0 Å². The Kier molecular flexibility index (Phi) is 4.28. The fraction of sp³-hybridized carbons (Fsp3) is 0.765. The highest BCUT2D eigenvalue weighted by atomic mass is 14.5. The van der Waals surface area contributed by atoms with Crippen LogP contribution in [0.2, 0.25) is 0 Å². The van der Waals surface area contributed by atoms with E-state index in [1.165, 1.54) is 0 Å². The molecule has 0 aromatic heterocycles. The summed E-state index contributed by atoms with van der Waals surface area (Å²) in [5, 5.41) is 0. The van der Waals surface area contributed by atoms with E-state index in [4.69, 9.17) is 0 Å². The average Bonchev–Trinajstić information content (AvgIpc) is 2.57. The molecule has 0 unspecified atom stereocenters. The van der Waals surface area contributed by atoms with Crippen molar-refractivity contribution in [1.82, 2.24) is 0 Å². The molecule has 0 N–H and O–H groups in total. The third kappa shape index (κ3) is 2.11. The normalized spacial score (nSPS) is 19.5. The molecule has 0 aliphatic heterocycles. The molecule has 17 heavy (non-hydrogen) atoms. The highest BCUT2D eigenvalue weighted by Gasteiger charge is 2.46. The molecule has 1 aliphatic rings. The summed E-state index contributed by atoms with van der Waals surface area (Å²) in [5.74, 6) is 2.64. The molecule has 1 rings (SSSR count). The van der Waals surface area contributed by atoms with E-state index in [1.807, 2.05) is 0 Å². The fourth-order valence-corrected chi connectivity index (χ4v) is 3.96. The molecule has 0 heteroatoms. The van der Waals surface area contributed by atoms with E-state index in [2.05, 4.69) is 67.5 Å². The molecule has 0 aromatic carbocycles. The van der Waals surface area contributed by atoms with Crippen LogP contribution in [-0.4, -0.2) is 0 Å². The topological polar surface area (TPSA) is 0 Å². The van der Waals surface area contributed by atoms with Gasteiger partial charge in [-0.25, -0.2) is 0 Å². The summed E-state index contributed by atoms with van der Waals surface area (Å²) in [6.45, 7) is 18.9. The van der Waals surface area contributed by atoms with Gasteiger partial charge >= 0.3 is 0 Å². The Bertz CT molecular complexity index is 290. The maximum Gasteiger partial charge on any atom is 0.0178 e. The Hall–Kier alpha value is -0.520. The molecule has 0 saturated carbocycles. The first-order chi connectivity index (χ1) is 7.76. The number of rotatable bonds is 4. The van der Waals surface area contributed by atoms with Gasteiger partial charge in [0.05, 0.1) is 0 Å². The smallest absolute Gasteiger partial charge is 0.0178 e. The van der Waals surface area contributed by atoms with E-state index in [0.717, 1.165) is 0 Å². The van der Waals surface area contributed by atoms with Crippen molar-refractivity contribution in [2.45, 2.75) is 55.4 Å². The maximum atomic E-state index is 2.40. The van der Waals surface area contributed by atoms with E-state index >= 15 is 0 Å². The lowest BCUT2D eigenvalue weighted by Gasteiger charge is -2.46. The van der Waals surface area contributed by atoms with Gasteiger partial charge in [-0.15, -0.1) is 0 Å². The van der Waals surface area contributed by atoms with Gasteiger partial charge in [-0.3, -0.25) is 0 Å². The molecule has 0 radical (unpaired) electrons. The maximum absolute atomic E-state index is 2.40. The zero-order valence-electron chi connectivity index (χ0n) is 13.0. The predicted octanol–water partition coefficient (Wildman–Crippen LogP) is 5.46. The minimum Gasteiger partial charge on any atom is -0.0619 e. The van der Waals surface area contributed by atoms with Crippen LogP contribution in [0.1, 0.15) is 55.4 Å². The lowest BCUT2D eigenvalue weighted by Crippen LogP contribution is -2.38. The van der Waals surface area contributed by atoms with Gasteiger partial charge in [0.2, 0.25) is 0 Å². The van der Waals surface area contributed by atoms with E-state index < -0.39 is 0 Å². The third-order valence-electron chi connectivity index (χ3n) is 4.46. The van der Waals surface area contributed by atoms with Crippen LogP contribution < -0.4 is 0 Å². The SMILES string of the molecule is CC(C)C1=CC=C(C(C)C)C1(C(C)C)C(C)C. The summed E-state index contributed by atoms with van der Waals surface area (Å²) >= 11 is 0. The van der Waals surface area contributed by atoms with Crippen LogP contribution in [0, 0.1) is 29.1 Å². The molecule has 0 heterocycles. The van der Waals surface area contributed by atoms with Gasteiger partial charge in [-0.1, -0.05) is 78.7 Å². The van der Waals surface area contributed by atoms with Crippen molar-refractivity contribution in [2.75, 3.05) is 0 Å². The molecule has 0 fully saturated rings. The molecule has 1 aliphatic carbocycles. The Morgan fingerprint density at radius 2 is 0.941 bits per heavy atom. The van der Waals surface area contributed by atoms with Gasteiger partial charge < -0.3 is 0 Å². The highest BCUT2D eigenvalue weighted by Crippen LogP contribution is 2.56. The second-order valence-corrected chi connectivity index (χ2v) is 6.73. The van der Waals surface area contributed by atoms with Gasteiger partial charge in [-0.2, -0.15) is 0 Å². The summed E-state index contributed by atoms with van der Waals surface area (Å²) in [4.78, 5) is 0. The number of hydrogen-bond donors (Lipinski definition) is 0. The van der Waals surface area contributed by atoms with Crippen LogP contribution >= 0.6 is 0 Å². The molecular weight excluding hydrogens is 204 g/mol. The van der Waals surface area contributed by atoms with Crippen LogP contribution in [0.25, 0.3) is 0 Å². The lowest BCUT2D eigenvalue weighted by atomic mass is 9.58. The second kappa shape index (κ2) is 5.00. The van der Waals surface area contributed by atoms with Crippen molar-refractivity contribution < 1.29 is 0 Å². The fourth-order valence-electron chi connectivity index (χ4n) is 3.96. The Morgan fingerprint density at radius 3 is 1.12 bits per heavy atom. The average molecular weight is 234 g/mol. The van der Waals surface area contributed by atoms with Gasteiger partial charge in [-0.05, 0) is 23.7 Å². The van der Waals surface area contributed by atoms with Crippen molar-refractivity contribution in [3.05, 3.63) is 23.3 Å². The van der Waals surface area contributed by atoms with E-state index in [1.54, 1.807) is 11.1 Å². The zero-order chi connectivity index (χ0) is 13.4. The first kappa shape index (κ1) is 14.5. The van der Waals surface area contributed by atoms with Crippen molar-refractivity contribution in [3.8, 4) is 0 Å². The molecule has 0 bridgehead atoms. The van der Waals surface area contributed by atoms with Gasteiger partial charge in [0, 0.05) is 5.41 Å². The van der Waals surface area contributed by atoms with Crippen LogP contribution in [0.4, 0.5) is 0 Å². The van der Waals surface area contributed by atoms with E-state index in [-0.39, 0.29) is 0 Å².